The summed E-state index contributed by atoms with van der Waals surface area (Å²) < 4.78 is 5.33. The molecule has 2 rings (SSSR count). The van der Waals surface area contributed by atoms with Gasteiger partial charge in [-0.2, -0.15) is 0 Å². The summed E-state index contributed by atoms with van der Waals surface area (Å²) >= 11 is 0. The van der Waals surface area contributed by atoms with Crippen LogP contribution in [-0.4, -0.2) is 48.2 Å². The Balaban J connectivity index is 1.69. The highest BCUT2D eigenvalue weighted by Crippen LogP contribution is 2.32. The summed E-state index contributed by atoms with van der Waals surface area (Å²) in [5, 5.41) is 3.56. The highest BCUT2D eigenvalue weighted by atomic mass is 16.6. The molecular formula is C16H30N2O2. The Morgan fingerprint density at radius 3 is 2.40 bits per heavy atom. The van der Waals surface area contributed by atoms with Gasteiger partial charge < -0.3 is 15.0 Å². The van der Waals surface area contributed by atoms with Crippen LogP contribution < -0.4 is 5.32 Å². The fourth-order valence-corrected chi connectivity index (χ4v) is 3.55. The first-order chi connectivity index (χ1) is 9.35. The quantitative estimate of drug-likeness (QED) is 0.804. The molecular weight excluding hydrogens is 252 g/mol. The van der Waals surface area contributed by atoms with Crippen molar-refractivity contribution >= 4 is 5.97 Å². The van der Waals surface area contributed by atoms with E-state index < -0.39 is 0 Å². The van der Waals surface area contributed by atoms with Crippen LogP contribution in [0.2, 0.25) is 0 Å². The average Bonchev–Trinajstić information content (AvgIpc) is 2.27. The lowest BCUT2D eigenvalue weighted by atomic mass is 9.82. The molecule has 20 heavy (non-hydrogen) atoms. The molecule has 2 saturated heterocycles. The number of ether oxygens (including phenoxy) is 1. The smallest absolute Gasteiger partial charge is 0.307 e. The Labute approximate surface area is 123 Å². The zero-order valence-electron chi connectivity index (χ0n) is 13.4. The third kappa shape index (κ3) is 4.45. The van der Waals surface area contributed by atoms with Crippen molar-refractivity contribution in [2.45, 2.75) is 83.0 Å². The number of hydrogen-bond acceptors (Lipinski definition) is 4. The molecule has 2 unspecified atom stereocenters. The second-order valence-corrected chi connectivity index (χ2v) is 7.36. The fraction of sp³-hybridized carbons (Fsp3) is 0.938. The maximum Gasteiger partial charge on any atom is 0.307 e. The second-order valence-electron chi connectivity index (χ2n) is 7.36. The van der Waals surface area contributed by atoms with E-state index in [0.29, 0.717) is 12.5 Å². The predicted molar refractivity (Wildman–Crippen MR) is 80.7 cm³/mol. The Bertz CT molecular complexity index is 324. The van der Waals surface area contributed by atoms with Gasteiger partial charge in [-0.15, -0.1) is 0 Å². The van der Waals surface area contributed by atoms with Crippen LogP contribution in [0.3, 0.4) is 0 Å². The minimum Gasteiger partial charge on any atom is -0.460 e. The zero-order valence-corrected chi connectivity index (χ0v) is 13.4. The Hall–Kier alpha value is -0.610. The number of carbonyl (C=O) groups is 1. The van der Waals surface area contributed by atoms with Crippen LogP contribution in [-0.2, 0) is 9.53 Å². The van der Waals surface area contributed by atoms with Crippen LogP contribution in [0.25, 0.3) is 0 Å². The number of esters is 1. The van der Waals surface area contributed by atoms with E-state index in [1.807, 2.05) is 20.8 Å². The molecule has 0 aromatic rings. The van der Waals surface area contributed by atoms with Crippen LogP contribution in [0.15, 0.2) is 0 Å². The van der Waals surface area contributed by atoms with Gasteiger partial charge in [-0.3, -0.25) is 4.79 Å². The van der Waals surface area contributed by atoms with E-state index in [9.17, 15) is 4.79 Å². The molecule has 0 saturated carbocycles. The first kappa shape index (κ1) is 15.8. The Morgan fingerprint density at radius 1 is 1.25 bits per heavy atom. The van der Waals surface area contributed by atoms with Gasteiger partial charge >= 0.3 is 5.97 Å². The SMILES string of the molecule is CN1C2CCCC1CC(NCCC(=O)OC(C)(C)C)C2. The van der Waals surface area contributed by atoms with Gasteiger partial charge in [0.15, 0.2) is 0 Å². The van der Waals surface area contributed by atoms with E-state index >= 15 is 0 Å². The molecule has 2 aliphatic heterocycles. The molecule has 0 spiro atoms. The van der Waals surface area contributed by atoms with Crippen LogP contribution >= 0.6 is 0 Å². The lowest BCUT2D eigenvalue weighted by Crippen LogP contribution is -2.54. The van der Waals surface area contributed by atoms with E-state index in [4.69, 9.17) is 4.74 Å². The number of nitrogens with zero attached hydrogens (tertiary/aromatic N) is 1. The topological polar surface area (TPSA) is 41.6 Å². The van der Waals surface area contributed by atoms with Crippen molar-refractivity contribution in [2.75, 3.05) is 13.6 Å². The largest absolute Gasteiger partial charge is 0.460 e. The lowest BCUT2D eigenvalue weighted by Gasteiger charge is -2.47. The van der Waals surface area contributed by atoms with Crippen LogP contribution in [0, 0.1) is 0 Å². The van der Waals surface area contributed by atoms with Gasteiger partial charge in [-0.05, 0) is 53.5 Å². The lowest BCUT2D eigenvalue weighted by molar-refractivity contribution is -0.154. The Morgan fingerprint density at radius 2 is 1.85 bits per heavy atom. The standard InChI is InChI=1S/C16H30N2O2/c1-16(2,3)20-15(19)8-9-17-12-10-13-6-5-7-14(11-12)18(13)4/h12-14,17H,5-11H2,1-4H3. The van der Waals surface area contributed by atoms with Crippen molar-refractivity contribution in [1.29, 1.82) is 0 Å². The molecule has 4 nitrogen and oxygen atoms in total. The van der Waals surface area contributed by atoms with E-state index in [-0.39, 0.29) is 11.6 Å². The van der Waals surface area contributed by atoms with E-state index in [1.54, 1.807) is 0 Å². The molecule has 116 valence electrons. The molecule has 0 aliphatic carbocycles. The first-order valence-corrected chi connectivity index (χ1v) is 8.02. The summed E-state index contributed by atoms with van der Waals surface area (Å²) in [6.45, 7) is 6.48. The van der Waals surface area contributed by atoms with Crippen molar-refractivity contribution in [3.63, 3.8) is 0 Å². The normalized spacial score (nSPS) is 31.1. The minimum absolute atomic E-state index is 0.0990. The summed E-state index contributed by atoms with van der Waals surface area (Å²) in [5.41, 5.74) is -0.373. The number of fused-ring (bicyclic) bond motifs is 2. The fourth-order valence-electron chi connectivity index (χ4n) is 3.55. The first-order valence-electron chi connectivity index (χ1n) is 8.02. The summed E-state index contributed by atoms with van der Waals surface area (Å²) in [7, 11) is 2.27. The van der Waals surface area contributed by atoms with Crippen molar-refractivity contribution in [2.24, 2.45) is 0 Å². The van der Waals surface area contributed by atoms with Gasteiger partial charge in [-0.25, -0.2) is 0 Å². The van der Waals surface area contributed by atoms with Gasteiger partial charge in [0.25, 0.3) is 0 Å². The number of rotatable bonds is 4. The third-order valence-corrected chi connectivity index (χ3v) is 4.52. The molecule has 1 N–H and O–H groups in total. The van der Waals surface area contributed by atoms with Crippen molar-refractivity contribution in [3.8, 4) is 0 Å². The summed E-state index contributed by atoms with van der Waals surface area (Å²) in [5.74, 6) is -0.0990. The molecule has 0 aromatic carbocycles. The van der Waals surface area contributed by atoms with Crippen LogP contribution in [0.1, 0.15) is 59.3 Å². The summed E-state index contributed by atoms with van der Waals surface area (Å²) in [6, 6.07) is 2.05. The molecule has 2 aliphatic rings. The monoisotopic (exact) mass is 282 g/mol. The molecule has 2 heterocycles. The van der Waals surface area contributed by atoms with Crippen LogP contribution in [0.4, 0.5) is 0 Å². The van der Waals surface area contributed by atoms with Gasteiger partial charge in [0.2, 0.25) is 0 Å². The second kappa shape index (κ2) is 6.44. The summed E-state index contributed by atoms with van der Waals surface area (Å²) in [6.07, 6.45) is 6.96. The number of carbonyl (C=O) groups excluding carboxylic acids is 1. The van der Waals surface area contributed by atoms with Gasteiger partial charge in [0, 0.05) is 24.7 Å². The molecule has 4 heteroatoms. The van der Waals surface area contributed by atoms with Gasteiger partial charge in [0.05, 0.1) is 6.42 Å². The zero-order chi connectivity index (χ0) is 14.8. The molecule has 2 fully saturated rings. The number of hydrogen-bond donors (Lipinski definition) is 1. The van der Waals surface area contributed by atoms with E-state index in [0.717, 1.165) is 18.6 Å². The van der Waals surface area contributed by atoms with Crippen molar-refractivity contribution in [3.05, 3.63) is 0 Å². The number of nitrogens with one attached hydrogen (secondary N) is 1. The predicted octanol–water partition coefficient (Wildman–Crippen LogP) is 2.32. The molecule has 0 aromatic heterocycles. The van der Waals surface area contributed by atoms with E-state index in [1.165, 1.54) is 32.1 Å². The van der Waals surface area contributed by atoms with Crippen molar-refractivity contribution in [1.82, 2.24) is 10.2 Å². The highest BCUT2D eigenvalue weighted by Gasteiger charge is 2.35. The molecule has 0 radical (unpaired) electrons. The van der Waals surface area contributed by atoms with Gasteiger partial charge in [-0.1, -0.05) is 6.42 Å². The van der Waals surface area contributed by atoms with Crippen LogP contribution in [0.5, 0.6) is 0 Å². The molecule has 2 atom stereocenters. The number of piperidine rings is 2. The Kier molecular flexibility index (Phi) is 5.08. The third-order valence-electron chi connectivity index (χ3n) is 4.52. The maximum atomic E-state index is 11.7. The van der Waals surface area contributed by atoms with Crippen molar-refractivity contribution < 1.29 is 9.53 Å². The maximum absolute atomic E-state index is 11.7. The van der Waals surface area contributed by atoms with Gasteiger partial charge in [0.1, 0.15) is 5.60 Å². The van der Waals surface area contributed by atoms with E-state index in [2.05, 4.69) is 17.3 Å². The highest BCUT2D eigenvalue weighted by molar-refractivity contribution is 5.70. The molecule has 0 amide bonds. The summed E-state index contributed by atoms with van der Waals surface area (Å²) in [4.78, 5) is 14.2. The minimum atomic E-state index is -0.373. The average molecular weight is 282 g/mol. The molecule has 2 bridgehead atoms.